The third-order valence-electron chi connectivity index (χ3n) is 4.23. The average molecular weight is 430 g/mol. The number of rotatable bonds is 8. The summed E-state index contributed by atoms with van der Waals surface area (Å²) in [6, 6.07) is 19.9. The minimum absolute atomic E-state index is 0.481. The highest BCUT2D eigenvalue weighted by Gasteiger charge is 2.05. The summed E-state index contributed by atoms with van der Waals surface area (Å²) in [5.41, 5.74) is 4.03. The second-order valence-corrected chi connectivity index (χ2v) is 6.49. The molecule has 4 aromatic rings. The molecule has 0 saturated carbocycles. The number of allylic oxidation sites excluding steroid dienone is 1. The van der Waals surface area contributed by atoms with Gasteiger partial charge in [0.15, 0.2) is 0 Å². The smallest absolute Gasteiger partial charge is 0.138 e. The van der Waals surface area contributed by atoms with Crippen LogP contribution < -0.4 is 10.6 Å². The van der Waals surface area contributed by atoms with E-state index in [-0.39, 0.29) is 0 Å². The lowest BCUT2D eigenvalue weighted by Crippen LogP contribution is -2.11. The number of aromatic amines is 1. The van der Waals surface area contributed by atoms with E-state index in [4.69, 9.17) is 4.42 Å². The number of fused-ring (bicyclic) bond motifs is 1. The first-order valence-corrected chi connectivity index (χ1v) is 10.4. The topological polar surface area (TPSA) is 78.2 Å². The fourth-order valence-corrected chi connectivity index (χ4v) is 2.67. The Morgan fingerprint density at radius 3 is 2.62 bits per heavy atom. The van der Waals surface area contributed by atoms with Gasteiger partial charge in [-0.3, -0.25) is 4.99 Å². The number of nitrogens with zero attached hydrogens (tertiary/aromatic N) is 2. The lowest BCUT2D eigenvalue weighted by molar-refractivity contribution is 0.504. The number of aliphatic imine (C=N–C) groups is 1. The van der Waals surface area contributed by atoms with Crippen molar-refractivity contribution in [1.29, 1.82) is 0 Å². The Labute approximate surface area is 189 Å². The molecule has 0 unspecified atom stereocenters. The number of H-pyrrole nitrogens is 1. The molecule has 6 heteroatoms. The van der Waals surface area contributed by atoms with Crippen molar-refractivity contribution < 1.29 is 4.42 Å². The third kappa shape index (κ3) is 7.65. The van der Waals surface area contributed by atoms with Crippen LogP contribution in [0.15, 0.2) is 102 Å². The molecule has 0 bridgehead atoms. The van der Waals surface area contributed by atoms with E-state index in [9.17, 15) is 0 Å². The Hall–Kier alpha value is -4.06. The number of anilines is 1. The summed E-state index contributed by atoms with van der Waals surface area (Å²) < 4.78 is 5.24. The van der Waals surface area contributed by atoms with Crippen LogP contribution in [0.2, 0.25) is 0 Å². The van der Waals surface area contributed by atoms with Gasteiger partial charge in [-0.15, -0.1) is 19.7 Å². The first-order valence-electron chi connectivity index (χ1n) is 10.4. The van der Waals surface area contributed by atoms with E-state index in [0.717, 1.165) is 40.3 Å². The Kier molecular flexibility index (Phi) is 10.6. The van der Waals surface area contributed by atoms with Gasteiger partial charge < -0.3 is 20.0 Å². The number of hydrogen-bond donors (Lipinski definition) is 3. The van der Waals surface area contributed by atoms with Gasteiger partial charge in [0.1, 0.15) is 18.3 Å². The maximum absolute atomic E-state index is 5.24. The Morgan fingerprint density at radius 2 is 1.91 bits per heavy atom. The lowest BCUT2D eigenvalue weighted by atomic mass is 10.2. The number of furan rings is 1. The predicted molar refractivity (Wildman–Crippen MR) is 136 cm³/mol. The zero-order valence-electron chi connectivity index (χ0n) is 18.6. The van der Waals surface area contributed by atoms with Gasteiger partial charge in [-0.25, -0.2) is 4.98 Å². The highest BCUT2D eigenvalue weighted by atomic mass is 16.3. The molecule has 0 aliphatic carbocycles. The molecule has 2 aromatic carbocycles. The molecular formula is C26H31N5O. The second-order valence-electron chi connectivity index (χ2n) is 6.49. The summed E-state index contributed by atoms with van der Waals surface area (Å²) in [6.07, 6.45) is 6.29. The number of imidazole rings is 1. The summed E-state index contributed by atoms with van der Waals surface area (Å²) in [4.78, 5) is 12.3. The van der Waals surface area contributed by atoms with Crippen LogP contribution in [-0.4, -0.2) is 23.0 Å². The molecule has 32 heavy (non-hydrogen) atoms. The van der Waals surface area contributed by atoms with Crippen molar-refractivity contribution in [3.63, 3.8) is 0 Å². The zero-order valence-corrected chi connectivity index (χ0v) is 18.6. The summed E-state index contributed by atoms with van der Waals surface area (Å²) in [5.74, 6) is 1.74. The van der Waals surface area contributed by atoms with Crippen LogP contribution in [0.4, 0.5) is 5.69 Å². The van der Waals surface area contributed by atoms with Crippen molar-refractivity contribution >= 4 is 23.1 Å². The van der Waals surface area contributed by atoms with E-state index in [2.05, 4.69) is 58.3 Å². The van der Waals surface area contributed by atoms with Crippen molar-refractivity contribution in [2.45, 2.75) is 19.9 Å². The predicted octanol–water partition coefficient (Wildman–Crippen LogP) is 6.40. The van der Waals surface area contributed by atoms with Gasteiger partial charge in [0.05, 0.1) is 30.2 Å². The van der Waals surface area contributed by atoms with Gasteiger partial charge >= 0.3 is 0 Å². The van der Waals surface area contributed by atoms with Gasteiger partial charge in [-0.2, -0.15) is 0 Å². The third-order valence-corrected chi connectivity index (χ3v) is 4.23. The zero-order chi connectivity index (χ0) is 23.0. The van der Waals surface area contributed by atoms with E-state index in [1.807, 2.05) is 60.7 Å². The van der Waals surface area contributed by atoms with Crippen LogP contribution in [0, 0.1) is 0 Å². The number of aromatic nitrogens is 2. The number of hydrogen-bond acceptors (Lipinski definition) is 4. The van der Waals surface area contributed by atoms with Crippen LogP contribution in [0.3, 0.4) is 0 Å². The largest absolute Gasteiger partial charge is 0.467 e. The second kappa shape index (κ2) is 14.0. The number of benzene rings is 2. The van der Waals surface area contributed by atoms with Crippen LogP contribution >= 0.6 is 0 Å². The molecule has 2 heterocycles. The SMILES string of the molecule is C(=N/CNc1cccc(-c2nc3ccccc3[nH]2)c1)/NCc1ccco1.C=C.C=CCC. The van der Waals surface area contributed by atoms with Crippen molar-refractivity contribution in [3.05, 3.63) is 98.5 Å². The highest BCUT2D eigenvalue weighted by molar-refractivity contribution is 5.79. The molecule has 166 valence electrons. The molecule has 0 radical (unpaired) electrons. The molecule has 6 nitrogen and oxygen atoms in total. The molecule has 0 spiro atoms. The standard InChI is InChI=1S/C20H19N5O.C4H8.C2H4/c1-2-9-19-18(8-1)24-20(25-19)15-5-3-6-16(11-15)23-14-22-13-21-12-17-7-4-10-26-17;1-3-4-2;1-2/h1-11,13,23H,12,14H2,(H,21,22)(H,24,25);3H,1,4H2,2H3;1-2H2. The van der Waals surface area contributed by atoms with E-state index < -0.39 is 0 Å². The highest BCUT2D eigenvalue weighted by Crippen LogP contribution is 2.22. The summed E-state index contributed by atoms with van der Waals surface area (Å²) >= 11 is 0. The molecule has 0 fully saturated rings. The van der Waals surface area contributed by atoms with E-state index in [0.29, 0.717) is 13.2 Å². The fourth-order valence-electron chi connectivity index (χ4n) is 2.67. The average Bonchev–Trinajstić information content (AvgIpc) is 3.53. The van der Waals surface area contributed by atoms with Crippen LogP contribution in [0.1, 0.15) is 19.1 Å². The quantitative estimate of drug-likeness (QED) is 0.172. The van der Waals surface area contributed by atoms with E-state index >= 15 is 0 Å². The van der Waals surface area contributed by atoms with Crippen molar-refractivity contribution in [3.8, 4) is 11.4 Å². The van der Waals surface area contributed by atoms with Gasteiger partial charge in [-0.1, -0.05) is 37.3 Å². The summed E-state index contributed by atoms with van der Waals surface area (Å²) in [7, 11) is 0. The Balaban J connectivity index is 0.000000547. The van der Waals surface area contributed by atoms with Gasteiger partial charge in [-0.05, 0) is 42.8 Å². The van der Waals surface area contributed by atoms with Crippen molar-refractivity contribution in [2.24, 2.45) is 4.99 Å². The molecule has 0 saturated heterocycles. The normalized spacial score (nSPS) is 10.0. The number of nitrogens with one attached hydrogen (secondary N) is 3. The molecule has 0 aliphatic rings. The minimum Gasteiger partial charge on any atom is -0.467 e. The fraction of sp³-hybridized carbons (Fsp3) is 0.154. The molecule has 0 aliphatic heterocycles. The van der Waals surface area contributed by atoms with Gasteiger partial charge in [0.2, 0.25) is 0 Å². The van der Waals surface area contributed by atoms with E-state index in [1.54, 1.807) is 12.6 Å². The minimum atomic E-state index is 0.481. The molecule has 0 atom stereocenters. The van der Waals surface area contributed by atoms with Crippen LogP contribution in [-0.2, 0) is 6.54 Å². The summed E-state index contributed by atoms with van der Waals surface area (Å²) in [6.45, 7) is 12.6. The molecule has 2 aromatic heterocycles. The first kappa shape index (κ1) is 24.2. The maximum atomic E-state index is 5.24. The summed E-state index contributed by atoms with van der Waals surface area (Å²) in [5, 5.41) is 6.36. The van der Waals surface area contributed by atoms with E-state index in [1.165, 1.54) is 0 Å². The van der Waals surface area contributed by atoms with Gasteiger partial charge in [0, 0.05) is 11.3 Å². The monoisotopic (exact) mass is 429 g/mol. The van der Waals surface area contributed by atoms with Crippen LogP contribution in [0.25, 0.3) is 22.4 Å². The van der Waals surface area contributed by atoms with Crippen LogP contribution in [0.5, 0.6) is 0 Å². The molecular weight excluding hydrogens is 398 g/mol. The van der Waals surface area contributed by atoms with Crippen molar-refractivity contribution in [1.82, 2.24) is 15.3 Å². The van der Waals surface area contributed by atoms with Crippen molar-refractivity contribution in [2.75, 3.05) is 12.0 Å². The molecule has 3 N–H and O–H groups in total. The Morgan fingerprint density at radius 1 is 1.09 bits per heavy atom. The number of para-hydroxylation sites is 2. The Bertz CT molecular complexity index is 1050. The van der Waals surface area contributed by atoms with Gasteiger partial charge in [0.25, 0.3) is 0 Å². The first-order chi connectivity index (χ1) is 15.8. The lowest BCUT2D eigenvalue weighted by Gasteiger charge is -2.05. The molecule has 4 rings (SSSR count). The molecule has 0 amide bonds. The maximum Gasteiger partial charge on any atom is 0.138 e.